The molecule has 3 heteroatoms. The van der Waals surface area contributed by atoms with Crippen molar-refractivity contribution in [3.05, 3.63) is 78.4 Å². The van der Waals surface area contributed by atoms with Crippen LogP contribution in [0.3, 0.4) is 0 Å². The van der Waals surface area contributed by atoms with Crippen molar-refractivity contribution in [2.45, 2.75) is 45.1 Å². The fourth-order valence-corrected chi connectivity index (χ4v) is 2.29. The molecule has 0 aliphatic carbocycles. The summed E-state index contributed by atoms with van der Waals surface area (Å²) in [5.74, 6) is 0.769. The van der Waals surface area contributed by atoms with Gasteiger partial charge in [-0.05, 0) is 43.4 Å². The highest BCUT2D eigenvalue weighted by Crippen LogP contribution is 2.14. The number of benzene rings is 1. The Morgan fingerprint density at radius 1 is 1.04 bits per heavy atom. The molecule has 1 aromatic carbocycles. The van der Waals surface area contributed by atoms with Crippen LogP contribution < -0.4 is 4.74 Å². The average Bonchev–Trinajstić information content (AvgIpc) is 2.64. The first-order valence-electron chi connectivity index (χ1n) is 9.42. The van der Waals surface area contributed by atoms with E-state index in [-0.39, 0.29) is 6.61 Å². The van der Waals surface area contributed by atoms with Crippen LogP contribution >= 0.6 is 0 Å². The first-order valence-corrected chi connectivity index (χ1v) is 9.42. The molecule has 142 valence electrons. The summed E-state index contributed by atoms with van der Waals surface area (Å²) in [6.07, 6.45) is 19.9. The molecule has 1 rings (SSSR count). The molecule has 26 heavy (non-hydrogen) atoms. The zero-order valence-corrected chi connectivity index (χ0v) is 15.8. The topological polar surface area (TPSA) is 49.7 Å². The number of ether oxygens (including phenoxy) is 1. The van der Waals surface area contributed by atoms with Gasteiger partial charge in [-0.3, -0.25) is 0 Å². The zero-order chi connectivity index (χ0) is 18.9. The third-order valence-corrected chi connectivity index (χ3v) is 3.69. The smallest absolute Gasteiger partial charge is 0.119 e. The van der Waals surface area contributed by atoms with Gasteiger partial charge in [0.2, 0.25) is 0 Å². The van der Waals surface area contributed by atoms with Crippen molar-refractivity contribution in [3.8, 4) is 5.75 Å². The Kier molecular flexibility index (Phi) is 12.8. The Morgan fingerprint density at radius 2 is 1.85 bits per heavy atom. The van der Waals surface area contributed by atoms with Gasteiger partial charge in [-0.1, -0.05) is 67.7 Å². The summed E-state index contributed by atoms with van der Waals surface area (Å²) in [5.41, 5.74) is 1.05. The van der Waals surface area contributed by atoms with E-state index in [0.29, 0.717) is 19.4 Å². The van der Waals surface area contributed by atoms with Gasteiger partial charge in [0, 0.05) is 13.0 Å². The van der Waals surface area contributed by atoms with Crippen LogP contribution in [0.15, 0.2) is 72.9 Å². The number of hydrogen-bond acceptors (Lipinski definition) is 3. The predicted octanol–water partition coefficient (Wildman–Crippen LogP) is 4.77. The normalized spacial score (nSPS) is 13.5. The third kappa shape index (κ3) is 11.5. The monoisotopic (exact) mass is 356 g/mol. The highest BCUT2D eigenvalue weighted by Gasteiger charge is 2.01. The summed E-state index contributed by atoms with van der Waals surface area (Å²) in [5, 5.41) is 18.9. The number of unbranched alkanes of at least 4 members (excludes halogenated alkanes) is 1. The van der Waals surface area contributed by atoms with Crippen molar-refractivity contribution in [2.75, 3.05) is 13.2 Å². The standard InChI is InChI=1S/C23H32O3/c1-2-3-4-5-6-7-8-9-10-11-14-22(25)17-19-26-23-15-12-13-21(20-23)16-18-24/h3-4,7-15,20,22,24-25H,2,5-6,16-19H2,1H3/b4-3-,8-7+,10-9-,14-11+. The maximum atomic E-state index is 9.93. The highest BCUT2D eigenvalue weighted by atomic mass is 16.5. The van der Waals surface area contributed by atoms with Crippen LogP contribution in [-0.2, 0) is 6.42 Å². The minimum Gasteiger partial charge on any atom is -0.493 e. The van der Waals surface area contributed by atoms with E-state index in [4.69, 9.17) is 9.84 Å². The van der Waals surface area contributed by atoms with Crippen LogP contribution in [0.4, 0.5) is 0 Å². The number of hydrogen-bond donors (Lipinski definition) is 2. The van der Waals surface area contributed by atoms with Crippen LogP contribution in [0.5, 0.6) is 5.75 Å². The third-order valence-electron chi connectivity index (χ3n) is 3.69. The van der Waals surface area contributed by atoms with E-state index < -0.39 is 6.10 Å². The van der Waals surface area contributed by atoms with Gasteiger partial charge in [-0.2, -0.15) is 0 Å². The molecule has 0 saturated carbocycles. The summed E-state index contributed by atoms with van der Waals surface area (Å²) < 4.78 is 5.65. The molecule has 1 aromatic rings. The second-order valence-electron chi connectivity index (χ2n) is 5.98. The molecule has 0 aliphatic heterocycles. The van der Waals surface area contributed by atoms with Crippen molar-refractivity contribution in [3.63, 3.8) is 0 Å². The first-order chi connectivity index (χ1) is 12.8. The molecule has 0 heterocycles. The first kappa shape index (κ1) is 21.9. The van der Waals surface area contributed by atoms with Crippen molar-refractivity contribution < 1.29 is 14.9 Å². The van der Waals surface area contributed by atoms with Crippen LogP contribution in [0.1, 0.15) is 38.2 Å². The fraction of sp³-hybridized carbons (Fsp3) is 0.391. The average molecular weight is 357 g/mol. The van der Waals surface area contributed by atoms with Crippen LogP contribution in [0.2, 0.25) is 0 Å². The molecule has 2 N–H and O–H groups in total. The summed E-state index contributed by atoms with van der Waals surface area (Å²) in [6, 6.07) is 7.68. The molecule has 0 saturated heterocycles. The van der Waals surface area contributed by atoms with Crippen molar-refractivity contribution >= 4 is 0 Å². The molecule has 0 bridgehead atoms. The Bertz CT molecular complexity index is 585. The second-order valence-corrected chi connectivity index (χ2v) is 5.98. The summed E-state index contributed by atoms with van der Waals surface area (Å²) in [6.45, 7) is 2.72. The Morgan fingerprint density at radius 3 is 2.65 bits per heavy atom. The molecule has 0 fully saturated rings. The van der Waals surface area contributed by atoms with Crippen molar-refractivity contribution in [1.29, 1.82) is 0 Å². The molecule has 1 atom stereocenters. The quantitative estimate of drug-likeness (QED) is 0.304. The van der Waals surface area contributed by atoms with E-state index in [9.17, 15) is 5.11 Å². The summed E-state index contributed by atoms with van der Waals surface area (Å²) >= 11 is 0. The molecule has 3 nitrogen and oxygen atoms in total. The van der Waals surface area contributed by atoms with Gasteiger partial charge >= 0.3 is 0 Å². The van der Waals surface area contributed by atoms with Gasteiger partial charge in [0.05, 0.1) is 12.7 Å². The van der Waals surface area contributed by atoms with E-state index in [0.717, 1.165) is 30.6 Å². The van der Waals surface area contributed by atoms with Gasteiger partial charge in [-0.25, -0.2) is 0 Å². The number of allylic oxidation sites excluding steroid dienone is 7. The van der Waals surface area contributed by atoms with Crippen molar-refractivity contribution in [2.24, 2.45) is 0 Å². The van der Waals surface area contributed by atoms with E-state index in [2.05, 4.69) is 25.2 Å². The van der Waals surface area contributed by atoms with Crippen molar-refractivity contribution in [1.82, 2.24) is 0 Å². The minimum absolute atomic E-state index is 0.131. The SMILES string of the molecule is CC/C=C\CC/C=C/C=C\C=C\C(O)CCOc1cccc(CCO)c1. The Labute approximate surface area is 158 Å². The Balaban J connectivity index is 2.19. The molecule has 1 unspecified atom stereocenters. The fourth-order valence-electron chi connectivity index (χ4n) is 2.29. The minimum atomic E-state index is -0.525. The summed E-state index contributed by atoms with van der Waals surface area (Å²) in [7, 11) is 0. The number of aliphatic hydroxyl groups is 2. The van der Waals surface area contributed by atoms with Gasteiger partial charge < -0.3 is 14.9 Å². The maximum absolute atomic E-state index is 9.93. The number of aliphatic hydroxyl groups excluding tert-OH is 2. The van der Waals surface area contributed by atoms with E-state index in [1.807, 2.05) is 48.6 Å². The highest BCUT2D eigenvalue weighted by molar-refractivity contribution is 5.28. The largest absolute Gasteiger partial charge is 0.493 e. The lowest BCUT2D eigenvalue weighted by Gasteiger charge is -2.09. The van der Waals surface area contributed by atoms with Crippen LogP contribution in [-0.4, -0.2) is 29.5 Å². The summed E-state index contributed by atoms with van der Waals surface area (Å²) in [4.78, 5) is 0. The van der Waals surface area contributed by atoms with Crippen LogP contribution in [0.25, 0.3) is 0 Å². The lowest BCUT2D eigenvalue weighted by atomic mass is 10.1. The van der Waals surface area contributed by atoms with Gasteiger partial charge in [0.25, 0.3) is 0 Å². The molecule has 0 spiro atoms. The van der Waals surface area contributed by atoms with Gasteiger partial charge in [-0.15, -0.1) is 0 Å². The van der Waals surface area contributed by atoms with E-state index >= 15 is 0 Å². The molecule has 0 amide bonds. The molecular formula is C23H32O3. The van der Waals surface area contributed by atoms with Gasteiger partial charge in [0.1, 0.15) is 5.75 Å². The maximum Gasteiger partial charge on any atom is 0.119 e. The predicted molar refractivity (Wildman–Crippen MR) is 109 cm³/mol. The Hall–Kier alpha value is -2.10. The lowest BCUT2D eigenvalue weighted by Crippen LogP contribution is -2.09. The molecular weight excluding hydrogens is 324 g/mol. The lowest BCUT2D eigenvalue weighted by molar-refractivity contribution is 0.178. The molecule has 0 aromatic heterocycles. The van der Waals surface area contributed by atoms with E-state index in [1.165, 1.54) is 0 Å². The molecule has 0 radical (unpaired) electrons. The molecule has 0 aliphatic rings. The van der Waals surface area contributed by atoms with Gasteiger partial charge in [0.15, 0.2) is 0 Å². The van der Waals surface area contributed by atoms with E-state index in [1.54, 1.807) is 6.08 Å². The number of rotatable bonds is 13. The van der Waals surface area contributed by atoms with Crippen LogP contribution in [0, 0.1) is 0 Å². The second kappa shape index (κ2) is 15.2. The zero-order valence-electron chi connectivity index (χ0n) is 15.8.